The number of carbonyl (C=O) groups excluding carboxylic acids is 2. The number of alkyl carbamates (subject to hydrolysis) is 1. The summed E-state index contributed by atoms with van der Waals surface area (Å²) in [6, 6.07) is 6.83. The Morgan fingerprint density at radius 1 is 1.29 bits per heavy atom. The molecule has 2 amide bonds. The molecule has 134 valence electrons. The molecule has 0 aliphatic heterocycles. The van der Waals surface area contributed by atoms with Gasteiger partial charge in [0.2, 0.25) is 5.91 Å². The normalized spacial score (nSPS) is 13.8. The van der Waals surface area contributed by atoms with E-state index < -0.39 is 23.8 Å². The van der Waals surface area contributed by atoms with Crippen molar-refractivity contribution in [2.75, 3.05) is 7.05 Å². The van der Waals surface area contributed by atoms with Crippen molar-refractivity contribution in [1.82, 2.24) is 10.6 Å². The van der Waals surface area contributed by atoms with Crippen LogP contribution in [0.1, 0.15) is 33.3 Å². The summed E-state index contributed by atoms with van der Waals surface area (Å²) in [6.45, 7) is 7.33. The molecule has 0 heterocycles. The van der Waals surface area contributed by atoms with Crippen LogP contribution in [-0.4, -0.2) is 36.8 Å². The molecule has 0 fully saturated rings. The highest BCUT2D eigenvalue weighted by atomic mass is 79.9. The first-order valence-electron chi connectivity index (χ1n) is 7.69. The number of nitrogens with one attached hydrogen (secondary N) is 2. The second kappa shape index (κ2) is 9.03. The minimum absolute atomic E-state index is 0.324. The predicted molar refractivity (Wildman–Crippen MR) is 95.6 cm³/mol. The van der Waals surface area contributed by atoms with E-state index in [-0.39, 0.29) is 5.91 Å². The van der Waals surface area contributed by atoms with Gasteiger partial charge >= 0.3 is 6.09 Å². The van der Waals surface area contributed by atoms with E-state index in [4.69, 9.17) is 9.47 Å². The van der Waals surface area contributed by atoms with Gasteiger partial charge in [-0.3, -0.25) is 4.79 Å². The smallest absolute Gasteiger partial charge is 0.408 e. The van der Waals surface area contributed by atoms with E-state index in [2.05, 4.69) is 26.6 Å². The van der Waals surface area contributed by atoms with E-state index in [1.807, 2.05) is 24.3 Å². The van der Waals surface area contributed by atoms with E-state index in [1.54, 1.807) is 27.7 Å². The summed E-state index contributed by atoms with van der Waals surface area (Å²) in [7, 11) is 1.51. The van der Waals surface area contributed by atoms with Crippen molar-refractivity contribution in [3.63, 3.8) is 0 Å². The first kappa shape index (κ1) is 20.4. The standard InChI is InChI=1S/C17H25BrN2O4/c1-11(23-10-12-7-6-8-13(18)9-12)14(15(21)19-5)20-16(22)24-17(2,3)4/h6-9,11,14H,10H2,1-5H3,(H,19,21)(H,20,22)/t11-,14+/m1/s1. The minimum Gasteiger partial charge on any atom is -0.444 e. The van der Waals surface area contributed by atoms with Crippen LogP contribution in [0.4, 0.5) is 4.79 Å². The zero-order chi connectivity index (χ0) is 18.3. The first-order valence-corrected chi connectivity index (χ1v) is 8.49. The number of rotatable bonds is 6. The SMILES string of the molecule is CNC(=O)[C@@H](NC(=O)OC(C)(C)C)[C@@H](C)OCc1cccc(Br)c1. The maximum Gasteiger partial charge on any atom is 0.408 e. The Morgan fingerprint density at radius 3 is 2.50 bits per heavy atom. The summed E-state index contributed by atoms with van der Waals surface area (Å²) >= 11 is 3.40. The maximum atomic E-state index is 12.1. The molecule has 0 saturated heterocycles. The Labute approximate surface area is 151 Å². The second-order valence-corrected chi connectivity index (χ2v) is 7.30. The van der Waals surface area contributed by atoms with Crippen molar-refractivity contribution >= 4 is 27.9 Å². The van der Waals surface area contributed by atoms with Crippen LogP contribution >= 0.6 is 15.9 Å². The number of hydrogen-bond donors (Lipinski definition) is 2. The topological polar surface area (TPSA) is 76.7 Å². The minimum atomic E-state index is -0.850. The third-order valence-corrected chi connectivity index (χ3v) is 3.57. The summed E-state index contributed by atoms with van der Waals surface area (Å²) in [5.41, 5.74) is 0.321. The molecular formula is C17H25BrN2O4. The Morgan fingerprint density at radius 2 is 1.96 bits per heavy atom. The van der Waals surface area contributed by atoms with Crippen LogP contribution in [-0.2, 0) is 20.9 Å². The Bertz CT molecular complexity index is 572. The molecular weight excluding hydrogens is 376 g/mol. The lowest BCUT2D eigenvalue weighted by Crippen LogP contribution is -2.53. The lowest BCUT2D eigenvalue weighted by atomic mass is 10.1. The van der Waals surface area contributed by atoms with Gasteiger partial charge < -0.3 is 20.1 Å². The molecule has 1 rings (SSSR count). The van der Waals surface area contributed by atoms with E-state index in [1.165, 1.54) is 7.05 Å². The van der Waals surface area contributed by atoms with Crippen LogP contribution in [0.5, 0.6) is 0 Å². The third kappa shape index (κ3) is 7.31. The quantitative estimate of drug-likeness (QED) is 0.769. The van der Waals surface area contributed by atoms with Gasteiger partial charge in [-0.05, 0) is 45.4 Å². The van der Waals surface area contributed by atoms with Crippen LogP contribution in [0.2, 0.25) is 0 Å². The van der Waals surface area contributed by atoms with Crippen LogP contribution in [0.25, 0.3) is 0 Å². The summed E-state index contributed by atoms with van der Waals surface area (Å²) in [5, 5.41) is 5.09. The highest BCUT2D eigenvalue weighted by molar-refractivity contribution is 9.10. The zero-order valence-corrected chi connectivity index (χ0v) is 16.3. The summed E-state index contributed by atoms with van der Waals surface area (Å²) in [6.07, 6.45) is -1.19. The van der Waals surface area contributed by atoms with Crippen LogP contribution < -0.4 is 10.6 Å². The zero-order valence-electron chi connectivity index (χ0n) is 14.7. The number of hydrogen-bond acceptors (Lipinski definition) is 4. The molecule has 0 aliphatic carbocycles. The lowest BCUT2D eigenvalue weighted by molar-refractivity contribution is -0.126. The lowest BCUT2D eigenvalue weighted by Gasteiger charge is -2.26. The molecule has 24 heavy (non-hydrogen) atoms. The fourth-order valence-electron chi connectivity index (χ4n) is 1.94. The van der Waals surface area contributed by atoms with Crippen molar-refractivity contribution in [3.8, 4) is 0 Å². The van der Waals surface area contributed by atoms with Gasteiger partial charge in [0.05, 0.1) is 12.7 Å². The molecule has 1 aromatic rings. The highest BCUT2D eigenvalue weighted by Gasteiger charge is 2.29. The van der Waals surface area contributed by atoms with Gasteiger partial charge in [0, 0.05) is 11.5 Å². The largest absolute Gasteiger partial charge is 0.444 e. The van der Waals surface area contributed by atoms with E-state index >= 15 is 0 Å². The van der Waals surface area contributed by atoms with Gasteiger partial charge in [0.1, 0.15) is 11.6 Å². The molecule has 0 radical (unpaired) electrons. The fourth-order valence-corrected chi connectivity index (χ4v) is 2.38. The number of halogens is 1. The van der Waals surface area contributed by atoms with E-state index in [0.29, 0.717) is 6.61 Å². The number of carbonyl (C=O) groups is 2. The molecule has 7 heteroatoms. The molecule has 0 saturated carbocycles. The molecule has 2 N–H and O–H groups in total. The Kier molecular flexibility index (Phi) is 7.69. The van der Waals surface area contributed by atoms with E-state index in [9.17, 15) is 9.59 Å². The van der Waals surface area contributed by atoms with Gasteiger partial charge in [-0.15, -0.1) is 0 Å². The average Bonchev–Trinajstić information content (AvgIpc) is 2.48. The molecule has 0 bridgehead atoms. The second-order valence-electron chi connectivity index (χ2n) is 6.38. The summed E-state index contributed by atoms with van der Waals surface area (Å²) in [5.74, 6) is -0.345. The fraction of sp³-hybridized carbons (Fsp3) is 0.529. The van der Waals surface area contributed by atoms with Gasteiger partial charge in [0.15, 0.2) is 0 Å². The Balaban J connectivity index is 2.69. The summed E-state index contributed by atoms with van der Waals surface area (Å²) < 4.78 is 11.9. The highest BCUT2D eigenvalue weighted by Crippen LogP contribution is 2.14. The average molecular weight is 401 g/mol. The summed E-state index contributed by atoms with van der Waals surface area (Å²) in [4.78, 5) is 24.0. The Hall–Kier alpha value is -1.60. The predicted octanol–water partition coefficient (Wildman–Crippen LogP) is 2.99. The van der Waals surface area contributed by atoms with Crippen molar-refractivity contribution in [2.45, 2.75) is 52.0 Å². The van der Waals surface area contributed by atoms with Crippen LogP contribution in [0.15, 0.2) is 28.7 Å². The van der Waals surface area contributed by atoms with Gasteiger partial charge in [0.25, 0.3) is 0 Å². The molecule has 0 aromatic heterocycles. The van der Waals surface area contributed by atoms with Crippen LogP contribution in [0.3, 0.4) is 0 Å². The van der Waals surface area contributed by atoms with Crippen molar-refractivity contribution < 1.29 is 19.1 Å². The van der Waals surface area contributed by atoms with Gasteiger partial charge in [-0.1, -0.05) is 28.1 Å². The van der Waals surface area contributed by atoms with Crippen molar-refractivity contribution in [2.24, 2.45) is 0 Å². The number of ether oxygens (including phenoxy) is 2. The first-order chi connectivity index (χ1) is 11.1. The van der Waals surface area contributed by atoms with Gasteiger partial charge in [-0.25, -0.2) is 4.79 Å². The van der Waals surface area contributed by atoms with Crippen molar-refractivity contribution in [1.29, 1.82) is 0 Å². The molecule has 1 aromatic carbocycles. The number of benzene rings is 1. The molecule has 0 aliphatic rings. The number of amides is 2. The van der Waals surface area contributed by atoms with Crippen molar-refractivity contribution in [3.05, 3.63) is 34.3 Å². The molecule has 0 spiro atoms. The van der Waals surface area contributed by atoms with Crippen LogP contribution in [0, 0.1) is 0 Å². The van der Waals surface area contributed by atoms with Gasteiger partial charge in [-0.2, -0.15) is 0 Å². The molecule has 6 nitrogen and oxygen atoms in total. The molecule has 0 unspecified atom stereocenters. The molecule has 2 atom stereocenters. The monoisotopic (exact) mass is 400 g/mol. The third-order valence-electron chi connectivity index (χ3n) is 3.07. The maximum absolute atomic E-state index is 12.1. The van der Waals surface area contributed by atoms with E-state index in [0.717, 1.165) is 10.0 Å². The number of likely N-dealkylation sites (N-methyl/N-ethyl adjacent to an activating group) is 1.